The van der Waals surface area contributed by atoms with Crippen LogP contribution in [0.3, 0.4) is 0 Å². The van der Waals surface area contributed by atoms with Gasteiger partial charge in [-0.05, 0) is 31.0 Å². The second-order valence-corrected chi connectivity index (χ2v) is 4.58. The summed E-state index contributed by atoms with van der Waals surface area (Å²) in [4.78, 5) is 13.6. The minimum absolute atomic E-state index is 0.0532. The number of rotatable bonds is 2. The number of carbonyl (C=O) groups is 1. The van der Waals surface area contributed by atoms with Crippen LogP contribution in [-0.4, -0.2) is 19.1 Å². The summed E-state index contributed by atoms with van der Waals surface area (Å²) >= 11 is 0. The Bertz CT molecular complexity index is 399. The number of anilines is 2. The summed E-state index contributed by atoms with van der Waals surface area (Å²) in [7, 11) is 1.76. The van der Waals surface area contributed by atoms with E-state index in [0.717, 1.165) is 18.5 Å². The Morgan fingerprint density at radius 3 is 2.76 bits per heavy atom. The van der Waals surface area contributed by atoms with Gasteiger partial charge < -0.3 is 11.1 Å². The summed E-state index contributed by atoms with van der Waals surface area (Å²) in [6, 6.07) is 7.63. The molecule has 92 valence electrons. The largest absolute Gasteiger partial charge is 0.399 e. The Morgan fingerprint density at radius 2 is 2.12 bits per heavy atom. The van der Waals surface area contributed by atoms with Crippen molar-refractivity contribution in [2.45, 2.75) is 31.7 Å². The van der Waals surface area contributed by atoms with Crippen LogP contribution in [0, 0.1) is 0 Å². The van der Waals surface area contributed by atoms with E-state index in [9.17, 15) is 4.79 Å². The fourth-order valence-electron chi connectivity index (χ4n) is 2.19. The van der Waals surface area contributed by atoms with Crippen molar-refractivity contribution >= 4 is 17.4 Å². The summed E-state index contributed by atoms with van der Waals surface area (Å²) in [6.45, 7) is 0. The number of nitrogens with two attached hydrogens (primary N) is 1. The van der Waals surface area contributed by atoms with Gasteiger partial charge in [-0.2, -0.15) is 0 Å². The molecule has 3 N–H and O–H groups in total. The average molecular weight is 233 g/mol. The molecule has 0 radical (unpaired) electrons. The molecule has 0 heterocycles. The number of nitrogens with zero attached hydrogens (tertiary/aromatic N) is 1. The molecule has 4 nitrogen and oxygen atoms in total. The van der Waals surface area contributed by atoms with Crippen molar-refractivity contribution < 1.29 is 4.79 Å². The van der Waals surface area contributed by atoms with Crippen molar-refractivity contribution in [2.24, 2.45) is 0 Å². The Kier molecular flexibility index (Phi) is 3.52. The zero-order chi connectivity index (χ0) is 12.3. The Balaban J connectivity index is 1.98. The molecule has 2 rings (SSSR count). The number of nitrogens with one attached hydrogen (secondary N) is 1. The molecular weight excluding hydrogens is 214 g/mol. The third-order valence-electron chi connectivity index (χ3n) is 3.24. The lowest BCUT2D eigenvalue weighted by Crippen LogP contribution is -2.42. The van der Waals surface area contributed by atoms with Crippen molar-refractivity contribution in [3.05, 3.63) is 24.3 Å². The van der Waals surface area contributed by atoms with Crippen molar-refractivity contribution in [1.29, 1.82) is 0 Å². The highest BCUT2D eigenvalue weighted by atomic mass is 16.2. The summed E-state index contributed by atoms with van der Waals surface area (Å²) in [5.41, 5.74) is 7.19. The van der Waals surface area contributed by atoms with E-state index in [1.54, 1.807) is 18.0 Å². The molecule has 0 aromatic heterocycles. The first-order valence-electron chi connectivity index (χ1n) is 6.06. The van der Waals surface area contributed by atoms with Crippen molar-refractivity contribution in [2.75, 3.05) is 17.7 Å². The second kappa shape index (κ2) is 5.08. The molecule has 4 heteroatoms. The molecule has 1 aromatic rings. The van der Waals surface area contributed by atoms with Gasteiger partial charge in [-0.3, -0.25) is 4.90 Å². The normalized spacial score (nSPS) is 15.8. The summed E-state index contributed by atoms with van der Waals surface area (Å²) in [5.74, 6) is 0. The monoisotopic (exact) mass is 233 g/mol. The zero-order valence-electron chi connectivity index (χ0n) is 10.1. The molecule has 0 saturated heterocycles. The quantitative estimate of drug-likeness (QED) is 0.770. The van der Waals surface area contributed by atoms with Gasteiger partial charge in [0.25, 0.3) is 0 Å². The molecule has 0 atom stereocenters. The second-order valence-electron chi connectivity index (χ2n) is 4.58. The summed E-state index contributed by atoms with van der Waals surface area (Å²) in [5, 5.41) is 3.04. The first kappa shape index (κ1) is 11.8. The van der Waals surface area contributed by atoms with E-state index >= 15 is 0 Å². The van der Waals surface area contributed by atoms with Gasteiger partial charge in [-0.1, -0.05) is 18.9 Å². The van der Waals surface area contributed by atoms with Crippen LogP contribution in [-0.2, 0) is 0 Å². The summed E-state index contributed by atoms with van der Waals surface area (Å²) < 4.78 is 0. The van der Waals surface area contributed by atoms with Gasteiger partial charge in [0.1, 0.15) is 0 Å². The average Bonchev–Trinajstić information content (AvgIpc) is 2.80. The molecule has 1 saturated carbocycles. The van der Waals surface area contributed by atoms with E-state index in [2.05, 4.69) is 5.32 Å². The van der Waals surface area contributed by atoms with Crippen molar-refractivity contribution in [3.8, 4) is 0 Å². The molecule has 0 unspecified atom stereocenters. The van der Waals surface area contributed by atoms with Crippen LogP contribution in [0.5, 0.6) is 0 Å². The highest BCUT2D eigenvalue weighted by Gasteiger charge is 2.19. The molecule has 0 bridgehead atoms. The molecule has 1 aliphatic rings. The fraction of sp³-hybridized carbons (Fsp3) is 0.462. The standard InChI is InChI=1S/C13H19N3O/c1-16(12-8-4-5-10(14)9-12)13(17)15-11-6-2-3-7-11/h4-5,8-9,11H,2-3,6-7,14H2,1H3,(H,15,17). The Labute approximate surface area is 102 Å². The molecule has 1 fully saturated rings. The van der Waals surface area contributed by atoms with Gasteiger partial charge in [-0.25, -0.2) is 4.79 Å². The van der Waals surface area contributed by atoms with Gasteiger partial charge in [0.15, 0.2) is 0 Å². The van der Waals surface area contributed by atoms with Crippen LogP contribution >= 0.6 is 0 Å². The van der Waals surface area contributed by atoms with E-state index in [0.29, 0.717) is 11.7 Å². The molecule has 1 aliphatic carbocycles. The maximum atomic E-state index is 12.0. The Morgan fingerprint density at radius 1 is 1.41 bits per heavy atom. The number of carbonyl (C=O) groups excluding carboxylic acids is 1. The Hall–Kier alpha value is -1.71. The number of nitrogen functional groups attached to an aromatic ring is 1. The van der Waals surface area contributed by atoms with Crippen molar-refractivity contribution in [1.82, 2.24) is 5.32 Å². The number of benzene rings is 1. The van der Waals surface area contributed by atoms with Crippen LogP contribution in [0.4, 0.5) is 16.2 Å². The molecule has 2 amide bonds. The summed E-state index contributed by atoms with van der Waals surface area (Å²) in [6.07, 6.45) is 4.62. The number of hydrogen-bond acceptors (Lipinski definition) is 2. The van der Waals surface area contributed by atoms with E-state index in [4.69, 9.17) is 5.73 Å². The first-order valence-corrected chi connectivity index (χ1v) is 6.06. The van der Waals surface area contributed by atoms with Gasteiger partial charge in [0, 0.05) is 24.5 Å². The maximum absolute atomic E-state index is 12.0. The van der Waals surface area contributed by atoms with Crippen LogP contribution in [0.2, 0.25) is 0 Å². The first-order chi connectivity index (χ1) is 8.16. The minimum Gasteiger partial charge on any atom is -0.399 e. The highest BCUT2D eigenvalue weighted by Crippen LogP contribution is 2.19. The van der Waals surface area contributed by atoms with Crippen LogP contribution < -0.4 is 16.0 Å². The number of hydrogen-bond donors (Lipinski definition) is 2. The fourth-order valence-corrected chi connectivity index (χ4v) is 2.19. The lowest BCUT2D eigenvalue weighted by Gasteiger charge is -2.21. The third kappa shape index (κ3) is 2.90. The molecular formula is C13H19N3O. The van der Waals surface area contributed by atoms with Gasteiger partial charge in [0.05, 0.1) is 0 Å². The van der Waals surface area contributed by atoms with E-state index < -0.39 is 0 Å². The minimum atomic E-state index is -0.0532. The van der Waals surface area contributed by atoms with Crippen LogP contribution in [0.15, 0.2) is 24.3 Å². The van der Waals surface area contributed by atoms with E-state index in [1.807, 2.05) is 18.2 Å². The van der Waals surface area contributed by atoms with E-state index in [1.165, 1.54) is 12.8 Å². The predicted octanol–water partition coefficient (Wildman–Crippen LogP) is 2.36. The number of urea groups is 1. The van der Waals surface area contributed by atoms with Crippen LogP contribution in [0.1, 0.15) is 25.7 Å². The van der Waals surface area contributed by atoms with Gasteiger partial charge in [0.2, 0.25) is 0 Å². The van der Waals surface area contributed by atoms with Gasteiger partial charge >= 0.3 is 6.03 Å². The topological polar surface area (TPSA) is 58.4 Å². The SMILES string of the molecule is CN(C(=O)NC1CCCC1)c1cccc(N)c1. The van der Waals surface area contributed by atoms with Gasteiger partial charge in [-0.15, -0.1) is 0 Å². The zero-order valence-corrected chi connectivity index (χ0v) is 10.1. The van der Waals surface area contributed by atoms with E-state index in [-0.39, 0.29) is 6.03 Å². The molecule has 17 heavy (non-hydrogen) atoms. The van der Waals surface area contributed by atoms with Crippen LogP contribution in [0.25, 0.3) is 0 Å². The third-order valence-corrected chi connectivity index (χ3v) is 3.24. The number of amides is 2. The smallest absolute Gasteiger partial charge is 0.321 e. The molecule has 0 aliphatic heterocycles. The van der Waals surface area contributed by atoms with Crippen molar-refractivity contribution in [3.63, 3.8) is 0 Å². The lowest BCUT2D eigenvalue weighted by atomic mass is 10.2. The molecule has 0 spiro atoms. The lowest BCUT2D eigenvalue weighted by molar-refractivity contribution is 0.244. The predicted molar refractivity (Wildman–Crippen MR) is 70.0 cm³/mol. The maximum Gasteiger partial charge on any atom is 0.321 e. The molecule has 1 aromatic carbocycles. The highest BCUT2D eigenvalue weighted by molar-refractivity contribution is 5.92.